The minimum absolute atomic E-state index is 0.494. The molecular weight excluding hydrogens is 357 g/mol. The van der Waals surface area contributed by atoms with Crippen LogP contribution in [0.15, 0.2) is 18.2 Å². The van der Waals surface area contributed by atoms with Crippen LogP contribution in [0.3, 0.4) is 0 Å². The average molecular weight is 378 g/mol. The monoisotopic (exact) mass is 377 g/mol. The summed E-state index contributed by atoms with van der Waals surface area (Å²) in [6.45, 7) is 7.09. The Morgan fingerprint density at radius 3 is 2.72 bits per heavy atom. The van der Waals surface area contributed by atoms with Gasteiger partial charge in [-0.3, -0.25) is 0 Å². The van der Waals surface area contributed by atoms with E-state index in [4.69, 9.17) is 11.6 Å². The van der Waals surface area contributed by atoms with Crippen LogP contribution in [-0.4, -0.2) is 6.04 Å². The molecule has 1 N–H and O–H groups in total. The lowest BCUT2D eigenvalue weighted by atomic mass is 9.70. The van der Waals surface area contributed by atoms with E-state index >= 15 is 0 Å². The number of hydrogen-bond donors (Lipinski definition) is 1. The Bertz CT molecular complexity index is 431. The molecule has 0 spiro atoms. The maximum atomic E-state index is 6.29. The minimum Gasteiger partial charge on any atom is -0.381 e. The standard InChI is InChI=1S/C15H21ClIN/c1-10-9-15(2,3)7-6-13(10)18-14-5-4-11(17)8-12(14)16/h4-5,8,10,13,18H,6-7,9H2,1-3H3. The van der Waals surface area contributed by atoms with Crippen LogP contribution in [0.2, 0.25) is 5.02 Å². The van der Waals surface area contributed by atoms with Crippen molar-refractivity contribution < 1.29 is 0 Å². The Labute approximate surface area is 129 Å². The summed E-state index contributed by atoms with van der Waals surface area (Å²) in [6, 6.07) is 6.76. The molecule has 0 amide bonds. The van der Waals surface area contributed by atoms with E-state index in [0.29, 0.717) is 17.4 Å². The Kier molecular flexibility index (Phi) is 4.48. The van der Waals surface area contributed by atoms with Crippen LogP contribution in [0.4, 0.5) is 5.69 Å². The lowest BCUT2D eigenvalue weighted by molar-refractivity contribution is 0.177. The fourth-order valence-corrected chi connectivity index (χ4v) is 3.88. The molecule has 0 heterocycles. The molecule has 3 heteroatoms. The van der Waals surface area contributed by atoms with E-state index in [-0.39, 0.29) is 0 Å². The zero-order valence-electron chi connectivity index (χ0n) is 11.3. The van der Waals surface area contributed by atoms with Crippen LogP contribution in [0.5, 0.6) is 0 Å². The van der Waals surface area contributed by atoms with Crippen LogP contribution in [0.25, 0.3) is 0 Å². The molecule has 0 aromatic heterocycles. The van der Waals surface area contributed by atoms with Gasteiger partial charge in [0.15, 0.2) is 0 Å². The van der Waals surface area contributed by atoms with Gasteiger partial charge in [-0.1, -0.05) is 32.4 Å². The van der Waals surface area contributed by atoms with E-state index in [0.717, 1.165) is 10.7 Å². The summed E-state index contributed by atoms with van der Waals surface area (Å²) in [6.07, 6.45) is 3.81. The lowest BCUT2D eigenvalue weighted by Gasteiger charge is -2.40. The fourth-order valence-electron chi connectivity index (χ4n) is 2.97. The number of anilines is 1. The minimum atomic E-state index is 0.494. The molecule has 1 fully saturated rings. The van der Waals surface area contributed by atoms with Gasteiger partial charge in [0, 0.05) is 9.61 Å². The Hall–Kier alpha value is 0.0400. The van der Waals surface area contributed by atoms with Crippen molar-refractivity contribution in [1.29, 1.82) is 0 Å². The predicted molar refractivity (Wildman–Crippen MR) is 88.4 cm³/mol. The summed E-state index contributed by atoms with van der Waals surface area (Å²) in [5.74, 6) is 0.698. The number of rotatable bonds is 2. The molecule has 1 saturated carbocycles. The van der Waals surface area contributed by atoms with Gasteiger partial charge in [0.1, 0.15) is 0 Å². The molecule has 1 aliphatic rings. The smallest absolute Gasteiger partial charge is 0.0648 e. The molecule has 0 saturated heterocycles. The van der Waals surface area contributed by atoms with Crippen LogP contribution >= 0.6 is 34.2 Å². The van der Waals surface area contributed by atoms with Gasteiger partial charge in [-0.25, -0.2) is 0 Å². The van der Waals surface area contributed by atoms with E-state index in [1.54, 1.807) is 0 Å². The third-order valence-electron chi connectivity index (χ3n) is 3.97. The third-order valence-corrected chi connectivity index (χ3v) is 4.95. The highest BCUT2D eigenvalue weighted by Crippen LogP contribution is 2.40. The second-order valence-corrected chi connectivity index (χ2v) is 7.91. The number of hydrogen-bond acceptors (Lipinski definition) is 1. The second kappa shape index (κ2) is 5.58. The van der Waals surface area contributed by atoms with Gasteiger partial charge in [0.05, 0.1) is 10.7 Å². The largest absolute Gasteiger partial charge is 0.381 e. The van der Waals surface area contributed by atoms with Gasteiger partial charge in [0.25, 0.3) is 0 Å². The molecule has 0 aliphatic heterocycles. The zero-order chi connectivity index (χ0) is 13.3. The normalized spacial score (nSPS) is 26.9. The Balaban J connectivity index is 2.06. The molecule has 1 aromatic rings. The predicted octanol–water partition coefficient (Wildman–Crippen LogP) is 5.57. The average Bonchev–Trinajstić information content (AvgIpc) is 2.24. The quantitative estimate of drug-likeness (QED) is 0.664. The van der Waals surface area contributed by atoms with Gasteiger partial charge in [-0.05, 0) is 71.4 Å². The van der Waals surface area contributed by atoms with Crippen molar-refractivity contribution in [2.24, 2.45) is 11.3 Å². The van der Waals surface area contributed by atoms with E-state index in [9.17, 15) is 0 Å². The first-order valence-corrected chi connectivity index (χ1v) is 8.05. The fraction of sp³-hybridized carbons (Fsp3) is 0.600. The number of nitrogens with one attached hydrogen (secondary N) is 1. The van der Waals surface area contributed by atoms with Gasteiger partial charge in [0.2, 0.25) is 0 Å². The van der Waals surface area contributed by atoms with Crippen molar-refractivity contribution in [2.45, 2.75) is 46.1 Å². The third kappa shape index (κ3) is 3.53. The molecular formula is C15H21ClIN. The molecule has 2 atom stereocenters. The first-order valence-electron chi connectivity index (χ1n) is 6.59. The summed E-state index contributed by atoms with van der Waals surface area (Å²) < 4.78 is 1.18. The molecule has 1 aliphatic carbocycles. The van der Waals surface area contributed by atoms with Crippen molar-refractivity contribution in [1.82, 2.24) is 0 Å². The van der Waals surface area contributed by atoms with Gasteiger partial charge in [-0.15, -0.1) is 0 Å². The maximum absolute atomic E-state index is 6.29. The zero-order valence-corrected chi connectivity index (χ0v) is 14.2. The molecule has 2 unspecified atom stereocenters. The van der Waals surface area contributed by atoms with E-state index in [1.807, 2.05) is 6.07 Å². The summed E-state index contributed by atoms with van der Waals surface area (Å²) >= 11 is 8.57. The summed E-state index contributed by atoms with van der Waals surface area (Å²) in [5.41, 5.74) is 1.57. The van der Waals surface area contributed by atoms with Gasteiger partial charge in [-0.2, -0.15) is 0 Å². The lowest BCUT2D eigenvalue weighted by Crippen LogP contribution is -2.36. The van der Waals surface area contributed by atoms with Crippen molar-refractivity contribution in [3.05, 3.63) is 26.8 Å². The highest BCUT2D eigenvalue weighted by Gasteiger charge is 2.32. The summed E-state index contributed by atoms with van der Waals surface area (Å²) in [7, 11) is 0. The Morgan fingerprint density at radius 2 is 2.11 bits per heavy atom. The number of halogens is 2. The van der Waals surface area contributed by atoms with Crippen LogP contribution in [0, 0.1) is 14.9 Å². The molecule has 18 heavy (non-hydrogen) atoms. The van der Waals surface area contributed by atoms with Crippen molar-refractivity contribution in [2.75, 3.05) is 5.32 Å². The highest BCUT2D eigenvalue weighted by molar-refractivity contribution is 14.1. The SMILES string of the molecule is CC1CC(C)(C)CCC1Nc1ccc(I)cc1Cl. The molecule has 1 nitrogen and oxygen atoms in total. The topological polar surface area (TPSA) is 12.0 Å². The summed E-state index contributed by atoms with van der Waals surface area (Å²) in [4.78, 5) is 0. The first-order chi connectivity index (χ1) is 8.37. The highest BCUT2D eigenvalue weighted by atomic mass is 127. The van der Waals surface area contributed by atoms with E-state index < -0.39 is 0 Å². The maximum Gasteiger partial charge on any atom is 0.0648 e. The van der Waals surface area contributed by atoms with Crippen molar-refractivity contribution >= 4 is 39.9 Å². The molecule has 0 bridgehead atoms. The second-order valence-electron chi connectivity index (χ2n) is 6.26. The summed E-state index contributed by atoms with van der Waals surface area (Å²) in [5, 5.41) is 4.46. The first kappa shape index (κ1) is 14.4. The van der Waals surface area contributed by atoms with Gasteiger partial charge < -0.3 is 5.32 Å². The molecule has 0 radical (unpaired) electrons. The Morgan fingerprint density at radius 1 is 1.39 bits per heavy atom. The van der Waals surface area contributed by atoms with E-state index in [1.165, 1.54) is 22.8 Å². The molecule has 100 valence electrons. The van der Waals surface area contributed by atoms with Gasteiger partial charge >= 0.3 is 0 Å². The van der Waals surface area contributed by atoms with Crippen molar-refractivity contribution in [3.63, 3.8) is 0 Å². The van der Waals surface area contributed by atoms with Crippen LogP contribution in [0.1, 0.15) is 40.0 Å². The van der Waals surface area contributed by atoms with E-state index in [2.05, 4.69) is 60.8 Å². The van der Waals surface area contributed by atoms with Crippen molar-refractivity contribution in [3.8, 4) is 0 Å². The molecule has 2 rings (SSSR count). The number of benzene rings is 1. The molecule has 1 aromatic carbocycles. The van der Waals surface area contributed by atoms with Crippen LogP contribution in [-0.2, 0) is 0 Å². The van der Waals surface area contributed by atoms with Crippen LogP contribution < -0.4 is 5.32 Å².